The van der Waals surface area contributed by atoms with Gasteiger partial charge in [-0.15, -0.1) is 0 Å². The monoisotopic (exact) mass is 299 g/mol. The quantitative estimate of drug-likeness (QED) is 0.356. The van der Waals surface area contributed by atoms with Gasteiger partial charge in [0.2, 0.25) is 0 Å². The van der Waals surface area contributed by atoms with E-state index in [1.54, 1.807) is 20.4 Å². The normalized spacial score (nSPS) is 12.8. The van der Waals surface area contributed by atoms with Gasteiger partial charge in [-0.05, 0) is 36.8 Å². The molecule has 0 bridgehead atoms. The van der Waals surface area contributed by atoms with Crippen LogP contribution < -0.4 is 9.47 Å². The van der Waals surface area contributed by atoms with Gasteiger partial charge < -0.3 is 14.7 Å². The Bertz CT molecular complexity index is 638. The lowest BCUT2D eigenvalue weighted by molar-refractivity contribution is -0.491. The molecule has 0 heterocycles. The highest BCUT2D eigenvalue weighted by Gasteiger charge is 2.13. The van der Waals surface area contributed by atoms with Crippen LogP contribution in [0.15, 0.2) is 48.5 Å². The number of benzene rings is 2. The highest BCUT2D eigenvalue weighted by molar-refractivity contribution is 5.75. The van der Waals surface area contributed by atoms with Crippen LogP contribution in [0, 0.1) is 5.21 Å². The van der Waals surface area contributed by atoms with Crippen LogP contribution in [0.3, 0.4) is 0 Å². The van der Waals surface area contributed by atoms with Gasteiger partial charge in [0.05, 0.1) is 14.2 Å². The molecular formula is C18H21NO3. The average molecular weight is 299 g/mol. The van der Waals surface area contributed by atoms with Gasteiger partial charge >= 0.3 is 0 Å². The van der Waals surface area contributed by atoms with E-state index in [2.05, 4.69) is 0 Å². The Morgan fingerprint density at radius 2 is 1.73 bits per heavy atom. The van der Waals surface area contributed by atoms with E-state index in [9.17, 15) is 5.21 Å². The van der Waals surface area contributed by atoms with E-state index in [1.807, 2.05) is 55.5 Å². The molecule has 0 saturated heterocycles. The molecule has 0 radical (unpaired) electrons. The molecule has 0 saturated carbocycles. The SMILES string of the molecule is COc1ccc(CC(C)/[N+]([O-])=C/c2ccccc2)cc1OC. The van der Waals surface area contributed by atoms with Crippen molar-refractivity contribution in [2.45, 2.75) is 19.4 Å². The average Bonchev–Trinajstić information content (AvgIpc) is 2.55. The zero-order valence-electron chi connectivity index (χ0n) is 13.2. The van der Waals surface area contributed by atoms with Crippen LogP contribution in [0.1, 0.15) is 18.1 Å². The topological polar surface area (TPSA) is 44.5 Å². The third-order valence-electron chi connectivity index (χ3n) is 3.49. The van der Waals surface area contributed by atoms with Crippen molar-refractivity contribution in [1.29, 1.82) is 0 Å². The lowest BCUT2D eigenvalue weighted by Gasteiger charge is -2.14. The molecule has 4 nitrogen and oxygen atoms in total. The van der Waals surface area contributed by atoms with Gasteiger partial charge in [0, 0.05) is 12.0 Å². The molecule has 0 spiro atoms. The summed E-state index contributed by atoms with van der Waals surface area (Å²) in [7, 11) is 3.21. The lowest BCUT2D eigenvalue weighted by atomic mass is 10.1. The molecule has 2 aromatic rings. The fourth-order valence-corrected chi connectivity index (χ4v) is 2.25. The smallest absolute Gasteiger partial charge is 0.182 e. The number of nitrogens with zero attached hydrogens (tertiary/aromatic N) is 1. The summed E-state index contributed by atoms with van der Waals surface area (Å²) in [6.07, 6.45) is 2.25. The Morgan fingerprint density at radius 1 is 1.05 bits per heavy atom. The van der Waals surface area contributed by atoms with Crippen molar-refractivity contribution in [3.63, 3.8) is 0 Å². The fraction of sp³-hybridized carbons (Fsp3) is 0.278. The van der Waals surface area contributed by atoms with Crippen molar-refractivity contribution in [2.75, 3.05) is 14.2 Å². The van der Waals surface area contributed by atoms with Gasteiger partial charge in [0.1, 0.15) is 0 Å². The van der Waals surface area contributed by atoms with E-state index in [4.69, 9.17) is 9.47 Å². The minimum atomic E-state index is -0.168. The number of hydrogen-bond donors (Lipinski definition) is 0. The molecule has 1 unspecified atom stereocenters. The number of rotatable bonds is 6. The molecule has 0 aliphatic carbocycles. The standard InChI is InChI=1S/C18H21NO3/c1-14(19(20)13-15-7-5-4-6-8-15)11-16-9-10-17(21-2)18(12-16)22-3/h4-10,12-14H,11H2,1-3H3/b19-13-. The molecule has 22 heavy (non-hydrogen) atoms. The van der Waals surface area contributed by atoms with Crippen molar-refractivity contribution in [2.24, 2.45) is 0 Å². The Morgan fingerprint density at radius 3 is 2.36 bits per heavy atom. The molecule has 0 fully saturated rings. The molecule has 0 aromatic heterocycles. The van der Waals surface area contributed by atoms with Gasteiger partial charge in [-0.1, -0.05) is 24.3 Å². The predicted octanol–water partition coefficient (Wildman–Crippen LogP) is 3.26. The van der Waals surface area contributed by atoms with Crippen molar-refractivity contribution < 1.29 is 14.2 Å². The number of ether oxygens (including phenoxy) is 2. The molecule has 2 aromatic carbocycles. The molecule has 0 amide bonds. The first-order chi connectivity index (χ1) is 10.6. The van der Waals surface area contributed by atoms with E-state index in [1.165, 1.54) is 0 Å². The van der Waals surface area contributed by atoms with E-state index in [0.717, 1.165) is 15.9 Å². The summed E-state index contributed by atoms with van der Waals surface area (Å²) in [5.41, 5.74) is 1.93. The van der Waals surface area contributed by atoms with Gasteiger partial charge in [0.15, 0.2) is 23.8 Å². The Hall–Kier alpha value is -2.49. The van der Waals surface area contributed by atoms with Gasteiger partial charge in [-0.2, -0.15) is 0 Å². The summed E-state index contributed by atoms with van der Waals surface area (Å²) >= 11 is 0. The first-order valence-electron chi connectivity index (χ1n) is 7.20. The summed E-state index contributed by atoms with van der Waals surface area (Å²) in [6, 6.07) is 15.1. The maximum absolute atomic E-state index is 12.2. The molecule has 0 aliphatic rings. The lowest BCUT2D eigenvalue weighted by Crippen LogP contribution is -2.21. The molecular weight excluding hydrogens is 278 g/mol. The van der Waals surface area contributed by atoms with E-state index < -0.39 is 0 Å². The van der Waals surface area contributed by atoms with Gasteiger partial charge in [0.25, 0.3) is 0 Å². The summed E-state index contributed by atoms with van der Waals surface area (Å²) in [5, 5.41) is 12.2. The van der Waals surface area contributed by atoms with Crippen molar-refractivity contribution in [1.82, 2.24) is 0 Å². The molecule has 0 N–H and O–H groups in total. The predicted molar refractivity (Wildman–Crippen MR) is 87.9 cm³/mol. The van der Waals surface area contributed by atoms with E-state index >= 15 is 0 Å². The Balaban J connectivity index is 2.11. The maximum Gasteiger partial charge on any atom is 0.182 e. The Labute approximate surface area is 131 Å². The minimum absolute atomic E-state index is 0.168. The minimum Gasteiger partial charge on any atom is -0.624 e. The van der Waals surface area contributed by atoms with Crippen LogP contribution in [0.4, 0.5) is 0 Å². The third-order valence-corrected chi connectivity index (χ3v) is 3.49. The van der Waals surface area contributed by atoms with Crippen LogP contribution in [0.25, 0.3) is 0 Å². The second-order valence-electron chi connectivity index (χ2n) is 5.14. The molecule has 4 heteroatoms. The third kappa shape index (κ3) is 4.01. The molecule has 116 valence electrons. The van der Waals surface area contributed by atoms with E-state index in [0.29, 0.717) is 17.9 Å². The molecule has 1 atom stereocenters. The number of hydroxylamine groups is 1. The first-order valence-corrected chi connectivity index (χ1v) is 7.20. The summed E-state index contributed by atoms with van der Waals surface area (Å²) in [4.78, 5) is 0. The molecule has 2 rings (SSSR count). The second-order valence-corrected chi connectivity index (χ2v) is 5.14. The zero-order chi connectivity index (χ0) is 15.9. The summed E-state index contributed by atoms with van der Waals surface area (Å²) in [5.74, 6) is 1.37. The number of methoxy groups -OCH3 is 2. The highest BCUT2D eigenvalue weighted by atomic mass is 16.5. The maximum atomic E-state index is 12.2. The van der Waals surface area contributed by atoms with Crippen molar-refractivity contribution in [3.05, 3.63) is 64.9 Å². The zero-order valence-corrected chi connectivity index (χ0v) is 13.2. The highest BCUT2D eigenvalue weighted by Crippen LogP contribution is 2.28. The van der Waals surface area contributed by atoms with Crippen molar-refractivity contribution in [3.8, 4) is 11.5 Å². The fourth-order valence-electron chi connectivity index (χ4n) is 2.25. The summed E-state index contributed by atoms with van der Waals surface area (Å²) < 4.78 is 11.5. The van der Waals surface area contributed by atoms with Crippen LogP contribution in [0.2, 0.25) is 0 Å². The summed E-state index contributed by atoms with van der Waals surface area (Å²) in [6.45, 7) is 1.91. The van der Waals surface area contributed by atoms with Crippen LogP contribution in [0.5, 0.6) is 11.5 Å². The van der Waals surface area contributed by atoms with Gasteiger partial charge in [-0.3, -0.25) is 0 Å². The Kier molecular flexibility index (Phi) is 5.42. The van der Waals surface area contributed by atoms with Crippen LogP contribution in [-0.4, -0.2) is 31.2 Å². The van der Waals surface area contributed by atoms with E-state index in [-0.39, 0.29) is 6.04 Å². The first kappa shape index (κ1) is 15.9. The van der Waals surface area contributed by atoms with Crippen LogP contribution >= 0.6 is 0 Å². The van der Waals surface area contributed by atoms with Gasteiger partial charge in [-0.25, -0.2) is 4.74 Å². The van der Waals surface area contributed by atoms with Crippen molar-refractivity contribution >= 4 is 6.21 Å². The van der Waals surface area contributed by atoms with Crippen LogP contribution in [-0.2, 0) is 6.42 Å². The largest absolute Gasteiger partial charge is 0.624 e. The molecule has 0 aliphatic heterocycles. The second kappa shape index (κ2) is 7.50. The number of hydrogen-bond acceptors (Lipinski definition) is 3.